The fourth-order valence-corrected chi connectivity index (χ4v) is 3.32. The first-order valence-electron chi connectivity index (χ1n) is 7.84. The summed E-state index contributed by atoms with van der Waals surface area (Å²) >= 11 is 0. The van der Waals surface area contributed by atoms with Crippen molar-refractivity contribution in [2.24, 2.45) is 0 Å². The van der Waals surface area contributed by atoms with E-state index in [1.807, 2.05) is 31.2 Å². The molecule has 1 unspecified atom stereocenters. The summed E-state index contributed by atoms with van der Waals surface area (Å²) in [6.45, 7) is 6.03. The zero-order valence-electron chi connectivity index (χ0n) is 13.0. The number of anilines is 1. The topological polar surface area (TPSA) is 47.1 Å². The SMILES string of the molecule is Cc1cc(C)n(CC2CCCN2c2nc3ccccc3o2)n1. The van der Waals surface area contributed by atoms with Gasteiger partial charge >= 0.3 is 0 Å². The Kier molecular flexibility index (Phi) is 3.13. The molecule has 0 N–H and O–H groups in total. The van der Waals surface area contributed by atoms with Crippen LogP contribution in [0.15, 0.2) is 34.7 Å². The van der Waals surface area contributed by atoms with Crippen molar-refractivity contribution < 1.29 is 4.42 Å². The molecule has 1 aliphatic rings. The van der Waals surface area contributed by atoms with E-state index < -0.39 is 0 Å². The summed E-state index contributed by atoms with van der Waals surface area (Å²) in [5, 5.41) is 4.58. The maximum atomic E-state index is 5.94. The third kappa shape index (κ3) is 2.26. The molecule has 1 atom stereocenters. The summed E-state index contributed by atoms with van der Waals surface area (Å²) < 4.78 is 8.04. The second-order valence-corrected chi connectivity index (χ2v) is 6.06. The van der Waals surface area contributed by atoms with Gasteiger partial charge in [-0.3, -0.25) is 4.68 Å². The number of oxazole rings is 1. The minimum atomic E-state index is 0.395. The number of fused-ring (bicyclic) bond motifs is 1. The van der Waals surface area contributed by atoms with Crippen LogP contribution in [0.4, 0.5) is 6.01 Å². The van der Waals surface area contributed by atoms with Crippen molar-refractivity contribution in [3.63, 3.8) is 0 Å². The lowest BCUT2D eigenvalue weighted by atomic mass is 10.2. The van der Waals surface area contributed by atoms with Crippen LogP contribution in [-0.2, 0) is 6.54 Å². The smallest absolute Gasteiger partial charge is 0.298 e. The van der Waals surface area contributed by atoms with Gasteiger partial charge in [0.1, 0.15) is 5.52 Å². The Morgan fingerprint density at radius 1 is 1.27 bits per heavy atom. The number of nitrogens with zero attached hydrogens (tertiary/aromatic N) is 4. The zero-order chi connectivity index (χ0) is 15.1. The van der Waals surface area contributed by atoms with Crippen molar-refractivity contribution in [3.8, 4) is 0 Å². The van der Waals surface area contributed by atoms with E-state index in [9.17, 15) is 0 Å². The molecule has 0 saturated carbocycles. The van der Waals surface area contributed by atoms with Gasteiger partial charge in [-0.25, -0.2) is 0 Å². The predicted molar refractivity (Wildman–Crippen MR) is 86.1 cm³/mol. The van der Waals surface area contributed by atoms with Crippen LogP contribution in [0, 0.1) is 13.8 Å². The molecule has 1 fully saturated rings. The highest BCUT2D eigenvalue weighted by Crippen LogP contribution is 2.29. The Bertz CT molecular complexity index is 771. The van der Waals surface area contributed by atoms with Crippen molar-refractivity contribution in [1.29, 1.82) is 0 Å². The summed E-state index contributed by atoms with van der Waals surface area (Å²) in [6, 6.07) is 11.2. The summed E-state index contributed by atoms with van der Waals surface area (Å²) in [6.07, 6.45) is 2.32. The van der Waals surface area contributed by atoms with Gasteiger partial charge in [0.2, 0.25) is 0 Å². The molecular formula is C17H20N4O. The Labute approximate surface area is 129 Å². The molecule has 0 amide bonds. The van der Waals surface area contributed by atoms with E-state index in [1.165, 1.54) is 12.1 Å². The van der Waals surface area contributed by atoms with Crippen molar-refractivity contribution >= 4 is 17.1 Å². The van der Waals surface area contributed by atoms with Gasteiger partial charge in [-0.2, -0.15) is 10.1 Å². The maximum absolute atomic E-state index is 5.94. The lowest BCUT2D eigenvalue weighted by Crippen LogP contribution is -2.33. The average Bonchev–Trinajstić information content (AvgIpc) is 3.18. The van der Waals surface area contributed by atoms with Crippen molar-refractivity contribution in [3.05, 3.63) is 41.7 Å². The monoisotopic (exact) mass is 296 g/mol. The van der Waals surface area contributed by atoms with E-state index in [-0.39, 0.29) is 0 Å². The lowest BCUT2D eigenvalue weighted by Gasteiger charge is -2.23. The fraction of sp³-hybridized carbons (Fsp3) is 0.412. The van der Waals surface area contributed by atoms with Crippen LogP contribution in [-0.4, -0.2) is 27.4 Å². The Balaban J connectivity index is 1.61. The largest absolute Gasteiger partial charge is 0.423 e. The van der Waals surface area contributed by atoms with Gasteiger partial charge in [0.25, 0.3) is 6.01 Å². The number of para-hydroxylation sites is 2. The van der Waals surface area contributed by atoms with E-state index >= 15 is 0 Å². The molecule has 3 heterocycles. The Hall–Kier alpha value is -2.30. The summed E-state index contributed by atoms with van der Waals surface area (Å²) in [5.41, 5.74) is 4.06. The first-order chi connectivity index (χ1) is 10.7. The predicted octanol–water partition coefficient (Wildman–Crippen LogP) is 3.31. The molecule has 0 radical (unpaired) electrons. The highest BCUT2D eigenvalue weighted by atomic mass is 16.4. The van der Waals surface area contributed by atoms with E-state index in [0.29, 0.717) is 6.04 Å². The normalized spacial score (nSPS) is 18.5. The van der Waals surface area contributed by atoms with Crippen LogP contribution >= 0.6 is 0 Å². The number of rotatable bonds is 3. The van der Waals surface area contributed by atoms with Crippen molar-refractivity contribution in [2.45, 2.75) is 39.3 Å². The quantitative estimate of drug-likeness (QED) is 0.744. The number of benzene rings is 1. The second-order valence-electron chi connectivity index (χ2n) is 6.06. The van der Waals surface area contributed by atoms with Crippen LogP contribution < -0.4 is 4.90 Å². The number of aromatic nitrogens is 3. The maximum Gasteiger partial charge on any atom is 0.298 e. The molecule has 4 rings (SSSR count). The Morgan fingerprint density at radius 3 is 2.91 bits per heavy atom. The fourth-order valence-electron chi connectivity index (χ4n) is 3.32. The molecule has 0 aliphatic carbocycles. The third-order valence-corrected chi connectivity index (χ3v) is 4.39. The molecule has 5 nitrogen and oxygen atoms in total. The van der Waals surface area contributed by atoms with Crippen molar-refractivity contribution in [1.82, 2.24) is 14.8 Å². The first kappa shape index (κ1) is 13.4. The summed E-state index contributed by atoms with van der Waals surface area (Å²) in [7, 11) is 0. The molecule has 114 valence electrons. The van der Waals surface area contributed by atoms with Crippen LogP contribution in [0.25, 0.3) is 11.1 Å². The van der Waals surface area contributed by atoms with Gasteiger partial charge in [0, 0.05) is 12.2 Å². The van der Waals surface area contributed by atoms with E-state index in [1.54, 1.807) is 0 Å². The van der Waals surface area contributed by atoms with Gasteiger partial charge in [0.15, 0.2) is 5.58 Å². The molecule has 2 aromatic heterocycles. The Morgan fingerprint density at radius 2 is 2.14 bits per heavy atom. The molecule has 0 bridgehead atoms. The highest BCUT2D eigenvalue weighted by Gasteiger charge is 2.29. The molecule has 0 spiro atoms. The van der Waals surface area contributed by atoms with Crippen LogP contribution in [0.2, 0.25) is 0 Å². The molecule has 1 saturated heterocycles. The minimum Gasteiger partial charge on any atom is -0.423 e. The lowest BCUT2D eigenvalue weighted by molar-refractivity contribution is 0.472. The third-order valence-electron chi connectivity index (χ3n) is 4.39. The van der Waals surface area contributed by atoms with E-state index in [4.69, 9.17) is 4.42 Å². The zero-order valence-corrected chi connectivity index (χ0v) is 13.0. The van der Waals surface area contributed by atoms with Gasteiger partial charge in [-0.1, -0.05) is 12.1 Å². The molecule has 1 aromatic carbocycles. The van der Waals surface area contributed by atoms with Crippen LogP contribution in [0.3, 0.4) is 0 Å². The standard InChI is InChI=1S/C17H20N4O/c1-12-10-13(2)21(19-12)11-14-6-5-9-20(14)17-18-15-7-3-4-8-16(15)22-17/h3-4,7-8,10,14H,5-6,9,11H2,1-2H3. The minimum absolute atomic E-state index is 0.395. The van der Waals surface area contributed by atoms with E-state index in [0.717, 1.165) is 42.3 Å². The van der Waals surface area contributed by atoms with Gasteiger partial charge in [-0.05, 0) is 44.9 Å². The first-order valence-corrected chi connectivity index (χ1v) is 7.84. The molecule has 22 heavy (non-hydrogen) atoms. The van der Waals surface area contributed by atoms with Gasteiger partial charge in [-0.15, -0.1) is 0 Å². The molecule has 5 heteroatoms. The average molecular weight is 296 g/mol. The van der Waals surface area contributed by atoms with Gasteiger partial charge in [0.05, 0.1) is 18.3 Å². The summed E-state index contributed by atoms with van der Waals surface area (Å²) in [4.78, 5) is 6.93. The van der Waals surface area contributed by atoms with Gasteiger partial charge < -0.3 is 9.32 Å². The molecule has 1 aliphatic heterocycles. The van der Waals surface area contributed by atoms with Crippen LogP contribution in [0.5, 0.6) is 0 Å². The number of hydrogen-bond acceptors (Lipinski definition) is 4. The van der Waals surface area contributed by atoms with Crippen LogP contribution in [0.1, 0.15) is 24.2 Å². The highest BCUT2D eigenvalue weighted by molar-refractivity contribution is 5.74. The van der Waals surface area contributed by atoms with E-state index in [2.05, 4.69) is 32.7 Å². The number of aryl methyl sites for hydroxylation is 2. The number of hydrogen-bond donors (Lipinski definition) is 0. The molecular weight excluding hydrogens is 276 g/mol. The molecule has 3 aromatic rings. The second kappa shape index (κ2) is 5.16. The summed E-state index contributed by atoms with van der Waals surface area (Å²) in [5.74, 6) is 0. The van der Waals surface area contributed by atoms with Crippen molar-refractivity contribution in [2.75, 3.05) is 11.4 Å².